The van der Waals surface area contributed by atoms with Crippen LogP contribution in [-0.4, -0.2) is 37.8 Å². The average Bonchev–Trinajstić information content (AvgIpc) is 3.39. The molecule has 5 nitrogen and oxygen atoms in total. The molecule has 1 aromatic heterocycles. The first-order valence-electron chi connectivity index (χ1n) is 9.79. The van der Waals surface area contributed by atoms with Gasteiger partial charge in [-0.25, -0.2) is 8.42 Å². The van der Waals surface area contributed by atoms with Gasteiger partial charge in [0.2, 0.25) is 5.91 Å². The quantitative estimate of drug-likeness (QED) is 0.832. The van der Waals surface area contributed by atoms with Gasteiger partial charge in [-0.1, -0.05) is 12.5 Å². The Hall–Kier alpha value is -0.920. The molecule has 0 aromatic carbocycles. The number of hydrogen-bond acceptors (Lipinski definition) is 4. The van der Waals surface area contributed by atoms with Crippen LogP contribution in [0.25, 0.3) is 0 Å². The van der Waals surface area contributed by atoms with Gasteiger partial charge in [-0.15, -0.1) is 11.3 Å². The van der Waals surface area contributed by atoms with Gasteiger partial charge in [-0.05, 0) is 68.2 Å². The molecule has 1 aromatic rings. The molecule has 1 aliphatic heterocycles. The zero-order chi connectivity index (χ0) is 18.3. The van der Waals surface area contributed by atoms with E-state index in [2.05, 4.69) is 12.2 Å². The molecule has 3 aliphatic rings. The Morgan fingerprint density at radius 1 is 1.31 bits per heavy atom. The van der Waals surface area contributed by atoms with Crippen LogP contribution >= 0.6 is 11.3 Å². The smallest absolute Gasteiger partial charge is 0.252 e. The Morgan fingerprint density at radius 2 is 2.15 bits per heavy atom. The summed E-state index contributed by atoms with van der Waals surface area (Å²) in [6, 6.07) is 3.59. The number of amides is 1. The minimum absolute atomic E-state index is 0.0337. The number of thiophene rings is 1. The Labute approximate surface area is 160 Å². The van der Waals surface area contributed by atoms with Crippen LogP contribution in [0.3, 0.4) is 0 Å². The van der Waals surface area contributed by atoms with Crippen molar-refractivity contribution >= 4 is 27.3 Å². The second-order valence-corrected chi connectivity index (χ2v) is 11.4. The van der Waals surface area contributed by atoms with Gasteiger partial charge in [-0.2, -0.15) is 4.31 Å². The minimum Gasteiger partial charge on any atom is -0.353 e. The van der Waals surface area contributed by atoms with Crippen LogP contribution in [0.5, 0.6) is 0 Å². The summed E-state index contributed by atoms with van der Waals surface area (Å²) in [7, 11) is -3.46. The fourth-order valence-electron chi connectivity index (χ4n) is 5.27. The number of fused-ring (bicyclic) bond motifs is 2. The fraction of sp³-hybridized carbons (Fsp3) is 0.737. The van der Waals surface area contributed by atoms with Crippen LogP contribution in [0, 0.1) is 23.7 Å². The van der Waals surface area contributed by atoms with Crippen molar-refractivity contribution in [1.82, 2.24) is 9.62 Å². The van der Waals surface area contributed by atoms with Gasteiger partial charge in [0.05, 0.1) is 5.92 Å². The molecule has 5 unspecified atom stereocenters. The summed E-state index contributed by atoms with van der Waals surface area (Å²) < 4.78 is 27.3. The maximum Gasteiger partial charge on any atom is 0.252 e. The number of nitrogens with one attached hydrogen (secondary N) is 1. The van der Waals surface area contributed by atoms with E-state index in [9.17, 15) is 13.2 Å². The molecule has 1 N–H and O–H groups in total. The van der Waals surface area contributed by atoms with Crippen molar-refractivity contribution in [2.75, 3.05) is 13.1 Å². The minimum atomic E-state index is -3.46. The number of carbonyl (C=O) groups excluding carboxylic acids is 1. The normalized spacial score (nSPS) is 33.3. The predicted molar refractivity (Wildman–Crippen MR) is 102 cm³/mol. The van der Waals surface area contributed by atoms with Crippen LogP contribution in [-0.2, 0) is 14.8 Å². The molecule has 5 atom stereocenters. The van der Waals surface area contributed by atoms with Gasteiger partial charge in [0.1, 0.15) is 4.21 Å². The second-order valence-electron chi connectivity index (χ2n) is 8.27. The van der Waals surface area contributed by atoms with E-state index >= 15 is 0 Å². The SMILES string of the molecule is CC(NC(=O)C1CCCN(S(=O)(=O)c2cccs2)C1)C1CC2CCC1C2. The molecule has 1 amide bonds. The summed E-state index contributed by atoms with van der Waals surface area (Å²) in [5, 5.41) is 5.00. The zero-order valence-electron chi connectivity index (χ0n) is 15.3. The third-order valence-electron chi connectivity index (χ3n) is 6.65. The van der Waals surface area contributed by atoms with Crippen LogP contribution < -0.4 is 5.32 Å². The third kappa shape index (κ3) is 3.45. The molecule has 2 bridgehead atoms. The lowest BCUT2D eigenvalue weighted by molar-refractivity contribution is -0.127. The third-order valence-corrected chi connectivity index (χ3v) is 9.89. The van der Waals surface area contributed by atoms with Crippen molar-refractivity contribution in [2.45, 2.75) is 55.7 Å². The molecule has 2 aliphatic carbocycles. The second kappa shape index (κ2) is 7.24. The van der Waals surface area contributed by atoms with Crippen molar-refractivity contribution in [1.29, 1.82) is 0 Å². The lowest BCUT2D eigenvalue weighted by Gasteiger charge is -2.33. The molecule has 0 radical (unpaired) electrons. The molecule has 7 heteroatoms. The van der Waals surface area contributed by atoms with E-state index < -0.39 is 10.0 Å². The van der Waals surface area contributed by atoms with E-state index in [1.54, 1.807) is 17.5 Å². The van der Waals surface area contributed by atoms with Crippen molar-refractivity contribution < 1.29 is 13.2 Å². The van der Waals surface area contributed by atoms with E-state index in [0.717, 1.165) is 24.7 Å². The first-order chi connectivity index (χ1) is 12.4. The highest BCUT2D eigenvalue weighted by Gasteiger charge is 2.42. The summed E-state index contributed by atoms with van der Waals surface area (Å²) in [5.41, 5.74) is 0. The molecule has 144 valence electrons. The van der Waals surface area contributed by atoms with Crippen LogP contribution in [0.2, 0.25) is 0 Å². The van der Waals surface area contributed by atoms with Crippen molar-refractivity contribution in [3.8, 4) is 0 Å². The Morgan fingerprint density at radius 3 is 2.81 bits per heavy atom. The molecule has 2 saturated carbocycles. The Kier molecular flexibility index (Phi) is 5.14. The molecule has 3 fully saturated rings. The molecule has 1 saturated heterocycles. The van der Waals surface area contributed by atoms with Crippen LogP contribution in [0.4, 0.5) is 0 Å². The maximum atomic E-state index is 12.8. The number of rotatable bonds is 5. The van der Waals surface area contributed by atoms with Gasteiger partial charge < -0.3 is 5.32 Å². The van der Waals surface area contributed by atoms with Gasteiger partial charge in [0.15, 0.2) is 0 Å². The Bertz CT molecular complexity index is 747. The van der Waals surface area contributed by atoms with Crippen molar-refractivity contribution in [3.63, 3.8) is 0 Å². The highest BCUT2D eigenvalue weighted by atomic mass is 32.2. The number of carbonyl (C=O) groups is 1. The van der Waals surface area contributed by atoms with Crippen LogP contribution in [0.1, 0.15) is 45.4 Å². The van der Waals surface area contributed by atoms with E-state index in [4.69, 9.17) is 0 Å². The van der Waals surface area contributed by atoms with Crippen LogP contribution in [0.15, 0.2) is 21.7 Å². The standard InChI is InChI=1S/C19H28N2O3S2/c1-13(17-11-14-6-7-15(17)10-14)20-19(22)16-4-2-8-21(12-16)26(23,24)18-5-3-9-25-18/h3,5,9,13-17H,2,4,6-8,10-12H2,1H3,(H,20,22). The fourth-order valence-corrected chi connectivity index (χ4v) is 7.94. The highest BCUT2D eigenvalue weighted by Crippen LogP contribution is 2.49. The largest absolute Gasteiger partial charge is 0.353 e. The van der Waals surface area contributed by atoms with Gasteiger partial charge in [0.25, 0.3) is 10.0 Å². The first kappa shape index (κ1) is 18.4. The number of nitrogens with zero attached hydrogens (tertiary/aromatic N) is 1. The molecular weight excluding hydrogens is 368 g/mol. The Balaban J connectivity index is 1.37. The molecular formula is C19H28N2O3S2. The lowest BCUT2D eigenvalue weighted by atomic mass is 9.83. The summed E-state index contributed by atoms with van der Waals surface area (Å²) >= 11 is 1.24. The summed E-state index contributed by atoms with van der Waals surface area (Å²) in [6.07, 6.45) is 6.76. The molecule has 2 heterocycles. The topological polar surface area (TPSA) is 66.5 Å². The van der Waals surface area contributed by atoms with Gasteiger partial charge >= 0.3 is 0 Å². The monoisotopic (exact) mass is 396 g/mol. The zero-order valence-corrected chi connectivity index (χ0v) is 16.9. The van der Waals surface area contributed by atoms with E-state index in [-0.39, 0.29) is 17.9 Å². The number of piperidine rings is 1. The van der Waals surface area contributed by atoms with Crippen molar-refractivity contribution in [2.24, 2.45) is 23.7 Å². The van der Waals surface area contributed by atoms with E-state index in [0.29, 0.717) is 23.2 Å². The number of hydrogen-bond donors (Lipinski definition) is 1. The number of sulfonamides is 1. The summed E-state index contributed by atoms with van der Waals surface area (Å²) in [6.45, 7) is 2.94. The van der Waals surface area contributed by atoms with Crippen molar-refractivity contribution in [3.05, 3.63) is 17.5 Å². The predicted octanol–water partition coefficient (Wildman–Crippen LogP) is 3.09. The average molecular weight is 397 g/mol. The van der Waals surface area contributed by atoms with Gasteiger partial charge in [0, 0.05) is 19.1 Å². The lowest BCUT2D eigenvalue weighted by Crippen LogP contribution is -2.48. The molecule has 26 heavy (non-hydrogen) atoms. The van der Waals surface area contributed by atoms with E-state index in [1.807, 2.05) is 0 Å². The highest BCUT2D eigenvalue weighted by molar-refractivity contribution is 7.91. The van der Waals surface area contributed by atoms with Gasteiger partial charge in [-0.3, -0.25) is 4.79 Å². The molecule has 0 spiro atoms. The first-order valence-corrected chi connectivity index (χ1v) is 12.1. The van der Waals surface area contributed by atoms with E-state index in [1.165, 1.54) is 41.3 Å². The maximum absolute atomic E-state index is 12.8. The summed E-state index contributed by atoms with van der Waals surface area (Å²) in [5.74, 6) is 2.04. The molecule has 4 rings (SSSR count). The summed E-state index contributed by atoms with van der Waals surface area (Å²) in [4.78, 5) is 12.8.